The van der Waals surface area contributed by atoms with E-state index in [2.05, 4.69) is 9.88 Å². The summed E-state index contributed by atoms with van der Waals surface area (Å²) in [5.41, 5.74) is 0.0172. The molecule has 2 heterocycles. The fourth-order valence-electron chi connectivity index (χ4n) is 2.63. The molecule has 2 amide bonds. The molecule has 0 saturated carbocycles. The molecule has 1 aliphatic rings. The Morgan fingerprint density at radius 2 is 2.04 bits per heavy atom. The highest BCUT2D eigenvalue weighted by Gasteiger charge is 2.28. The van der Waals surface area contributed by atoms with Crippen molar-refractivity contribution >= 4 is 12.0 Å². The van der Waals surface area contributed by atoms with E-state index in [0.29, 0.717) is 12.0 Å². The van der Waals surface area contributed by atoms with E-state index in [0.717, 1.165) is 31.0 Å². The van der Waals surface area contributed by atoms with Crippen LogP contribution in [0.15, 0.2) is 18.3 Å². The van der Waals surface area contributed by atoms with Gasteiger partial charge in [-0.1, -0.05) is 0 Å². The summed E-state index contributed by atoms with van der Waals surface area (Å²) in [6.45, 7) is 8.64. The van der Waals surface area contributed by atoms with Crippen molar-refractivity contribution in [2.24, 2.45) is 0 Å². The fraction of sp³-hybridized carbons (Fsp3) is 0.632. The molecular formula is C19H29N3O4. The molecule has 1 fully saturated rings. The first kappa shape index (κ1) is 20.3. The third kappa shape index (κ3) is 6.07. The fourth-order valence-corrected chi connectivity index (χ4v) is 2.63. The van der Waals surface area contributed by atoms with Gasteiger partial charge >= 0.3 is 6.09 Å². The molecule has 0 atom stereocenters. The molecule has 1 aliphatic heterocycles. The molecule has 1 aromatic heterocycles. The zero-order valence-corrected chi connectivity index (χ0v) is 15.9. The van der Waals surface area contributed by atoms with Gasteiger partial charge in [-0.2, -0.15) is 0 Å². The molecule has 7 heteroatoms. The van der Waals surface area contributed by atoms with Gasteiger partial charge in [0.15, 0.2) is 0 Å². The zero-order valence-electron chi connectivity index (χ0n) is 15.9. The summed E-state index contributed by atoms with van der Waals surface area (Å²) >= 11 is 0. The lowest BCUT2D eigenvalue weighted by atomic mass is 10.2. The number of ether oxygens (including phenoxy) is 1. The van der Waals surface area contributed by atoms with Crippen LogP contribution >= 0.6 is 0 Å². The van der Waals surface area contributed by atoms with E-state index in [4.69, 9.17) is 4.74 Å². The molecule has 1 saturated heterocycles. The number of carbonyl (C=O) groups excluding carboxylic acids is 2. The monoisotopic (exact) mass is 363 g/mol. The second-order valence-electron chi connectivity index (χ2n) is 7.55. The van der Waals surface area contributed by atoms with Crippen LogP contribution in [0.5, 0.6) is 0 Å². The zero-order chi connectivity index (χ0) is 19.2. The summed E-state index contributed by atoms with van der Waals surface area (Å²) in [7, 11) is 0. The number of nitrogens with zero attached hydrogens (tertiary/aromatic N) is 3. The van der Waals surface area contributed by atoms with Crippen LogP contribution in [0, 0.1) is 0 Å². The van der Waals surface area contributed by atoms with Crippen LogP contribution in [0.25, 0.3) is 0 Å². The molecule has 7 nitrogen and oxygen atoms in total. The molecule has 0 bridgehead atoms. The number of imide groups is 1. The third-order valence-corrected chi connectivity index (χ3v) is 4.14. The van der Waals surface area contributed by atoms with Crippen molar-refractivity contribution in [1.29, 1.82) is 0 Å². The Hall–Kier alpha value is -1.99. The van der Waals surface area contributed by atoms with Gasteiger partial charge in [-0.05, 0) is 77.4 Å². The first-order valence-electron chi connectivity index (χ1n) is 9.13. The summed E-state index contributed by atoms with van der Waals surface area (Å²) < 4.78 is 5.39. The first-order valence-corrected chi connectivity index (χ1v) is 9.13. The van der Waals surface area contributed by atoms with Crippen molar-refractivity contribution in [1.82, 2.24) is 14.8 Å². The summed E-state index contributed by atoms with van der Waals surface area (Å²) in [6.07, 6.45) is 3.66. The molecule has 0 aromatic carbocycles. The van der Waals surface area contributed by atoms with Crippen molar-refractivity contribution in [2.45, 2.75) is 52.2 Å². The van der Waals surface area contributed by atoms with Gasteiger partial charge < -0.3 is 14.7 Å². The highest BCUT2D eigenvalue weighted by atomic mass is 16.6. The van der Waals surface area contributed by atoms with Crippen LogP contribution in [0.4, 0.5) is 4.79 Å². The number of hydrogen-bond donors (Lipinski definition) is 1. The molecule has 144 valence electrons. The molecule has 2 rings (SSSR count). The average molecular weight is 363 g/mol. The number of amides is 2. The van der Waals surface area contributed by atoms with E-state index in [1.807, 2.05) is 0 Å². The second-order valence-corrected chi connectivity index (χ2v) is 7.55. The van der Waals surface area contributed by atoms with Crippen molar-refractivity contribution in [3.8, 4) is 0 Å². The highest BCUT2D eigenvalue weighted by molar-refractivity contribution is 6.01. The summed E-state index contributed by atoms with van der Waals surface area (Å²) in [6, 6.07) is 3.13. The summed E-state index contributed by atoms with van der Waals surface area (Å²) in [5.74, 6) is -0.501. The Morgan fingerprint density at radius 3 is 2.62 bits per heavy atom. The van der Waals surface area contributed by atoms with E-state index in [-0.39, 0.29) is 18.8 Å². The Kier molecular flexibility index (Phi) is 7.11. The smallest absolute Gasteiger partial charge is 0.417 e. The van der Waals surface area contributed by atoms with E-state index in [1.54, 1.807) is 26.8 Å². The molecule has 0 unspecified atom stereocenters. The number of likely N-dealkylation sites (tertiary alicyclic amines) is 1. The van der Waals surface area contributed by atoms with Gasteiger partial charge in [0, 0.05) is 12.7 Å². The maximum atomic E-state index is 12.8. The number of aliphatic hydroxyl groups excluding tert-OH is 1. The normalized spacial score (nSPS) is 14.6. The van der Waals surface area contributed by atoms with E-state index < -0.39 is 17.6 Å². The van der Waals surface area contributed by atoms with Crippen molar-refractivity contribution in [3.05, 3.63) is 29.6 Å². The van der Waals surface area contributed by atoms with Crippen LogP contribution in [0.3, 0.4) is 0 Å². The van der Waals surface area contributed by atoms with Gasteiger partial charge in [-0.25, -0.2) is 9.69 Å². The number of unbranched alkanes of at least 4 members (excludes halogenated alkanes) is 1. The maximum absolute atomic E-state index is 12.8. The Balaban J connectivity index is 2.04. The molecule has 0 radical (unpaired) electrons. The molecule has 1 aromatic rings. The Labute approximate surface area is 155 Å². The van der Waals surface area contributed by atoms with Crippen molar-refractivity contribution in [2.75, 3.05) is 26.2 Å². The lowest BCUT2D eigenvalue weighted by Crippen LogP contribution is -2.42. The maximum Gasteiger partial charge on any atom is 0.417 e. The van der Waals surface area contributed by atoms with Gasteiger partial charge in [0.25, 0.3) is 5.91 Å². The molecule has 0 spiro atoms. The number of pyridine rings is 1. The van der Waals surface area contributed by atoms with Gasteiger partial charge in [0.1, 0.15) is 11.3 Å². The van der Waals surface area contributed by atoms with Gasteiger partial charge in [0.05, 0.1) is 6.61 Å². The van der Waals surface area contributed by atoms with Crippen molar-refractivity contribution < 1.29 is 19.4 Å². The lowest BCUT2D eigenvalue weighted by molar-refractivity contribution is 0.0235. The average Bonchev–Trinajstić information content (AvgIpc) is 2.54. The van der Waals surface area contributed by atoms with E-state index in [9.17, 15) is 14.7 Å². The predicted octanol–water partition coefficient (Wildman–Crippen LogP) is 2.44. The van der Waals surface area contributed by atoms with E-state index >= 15 is 0 Å². The quantitative estimate of drug-likeness (QED) is 0.749. The summed E-state index contributed by atoms with van der Waals surface area (Å²) in [4.78, 5) is 32.8. The van der Waals surface area contributed by atoms with Gasteiger partial charge in [-0.15, -0.1) is 0 Å². The standard InChI is InChI=1S/C19H29N3O4/c1-19(2,3)26-18(25)22(12-5-4-9-21-10-6-11-21)17(24)16-13-15(14-23)7-8-20-16/h7-8,13,23H,4-6,9-12,14H2,1-3H3. The van der Waals surface area contributed by atoms with Crippen molar-refractivity contribution in [3.63, 3.8) is 0 Å². The number of hydrogen-bond acceptors (Lipinski definition) is 6. The minimum absolute atomic E-state index is 0.130. The summed E-state index contributed by atoms with van der Waals surface area (Å²) in [5, 5.41) is 9.25. The number of aliphatic hydroxyl groups is 1. The lowest BCUT2D eigenvalue weighted by Gasteiger charge is -2.31. The topological polar surface area (TPSA) is 83.0 Å². The van der Waals surface area contributed by atoms with Gasteiger partial charge in [0.2, 0.25) is 0 Å². The number of aromatic nitrogens is 1. The minimum Gasteiger partial charge on any atom is -0.443 e. The SMILES string of the molecule is CC(C)(C)OC(=O)N(CCCCN1CCC1)C(=O)c1cc(CO)ccn1. The molecule has 1 N–H and O–H groups in total. The van der Waals surface area contributed by atoms with Crippen LogP contribution in [0.2, 0.25) is 0 Å². The number of carbonyl (C=O) groups is 2. The minimum atomic E-state index is -0.687. The highest BCUT2D eigenvalue weighted by Crippen LogP contribution is 2.14. The Bertz CT molecular complexity index is 623. The predicted molar refractivity (Wildman–Crippen MR) is 97.7 cm³/mol. The molecular weight excluding hydrogens is 334 g/mol. The second kappa shape index (κ2) is 9.09. The molecule has 0 aliphatic carbocycles. The van der Waals surface area contributed by atoms with Crippen LogP contribution < -0.4 is 0 Å². The largest absolute Gasteiger partial charge is 0.443 e. The van der Waals surface area contributed by atoms with Gasteiger partial charge in [-0.3, -0.25) is 9.78 Å². The van der Waals surface area contributed by atoms with Crippen LogP contribution in [-0.2, 0) is 11.3 Å². The number of rotatable bonds is 7. The Morgan fingerprint density at radius 1 is 1.31 bits per heavy atom. The first-order chi connectivity index (χ1) is 12.3. The third-order valence-electron chi connectivity index (χ3n) is 4.14. The molecule has 26 heavy (non-hydrogen) atoms. The van der Waals surface area contributed by atoms with Crippen LogP contribution in [-0.4, -0.2) is 63.7 Å². The van der Waals surface area contributed by atoms with E-state index in [1.165, 1.54) is 18.7 Å². The van der Waals surface area contributed by atoms with Crippen LogP contribution in [0.1, 0.15) is 56.1 Å².